The van der Waals surface area contributed by atoms with E-state index in [-0.39, 0.29) is 0 Å². The molecule has 18 heavy (non-hydrogen) atoms. The summed E-state index contributed by atoms with van der Waals surface area (Å²) >= 11 is 0. The van der Waals surface area contributed by atoms with E-state index in [0.29, 0.717) is 13.2 Å². The van der Waals surface area contributed by atoms with Gasteiger partial charge in [-0.05, 0) is 13.8 Å². The largest absolute Gasteiger partial charge is 0.413 e. The minimum atomic E-state index is 0.677. The van der Waals surface area contributed by atoms with Gasteiger partial charge in [0, 0.05) is 18.8 Å². The second kappa shape index (κ2) is 8.16. The number of hydrogen-bond acceptors (Lipinski definition) is 4. The average molecular weight is 252 g/mol. The normalized spacial score (nSPS) is 9.50. The zero-order valence-corrected chi connectivity index (χ0v) is 11.1. The van der Waals surface area contributed by atoms with Gasteiger partial charge in [0.15, 0.2) is 0 Å². The molecule has 0 radical (unpaired) electrons. The van der Waals surface area contributed by atoms with Crippen molar-refractivity contribution in [1.82, 2.24) is 19.4 Å². The van der Waals surface area contributed by atoms with Crippen LogP contribution in [0, 0.1) is 0 Å². The van der Waals surface area contributed by atoms with E-state index in [1.165, 1.54) is 0 Å². The van der Waals surface area contributed by atoms with Gasteiger partial charge in [-0.25, -0.2) is 9.97 Å². The summed E-state index contributed by atoms with van der Waals surface area (Å²) < 4.78 is 3.28. The van der Waals surface area contributed by atoms with Crippen molar-refractivity contribution in [3.8, 4) is 0 Å². The lowest BCUT2D eigenvalue weighted by Gasteiger charge is -2.04. The van der Waals surface area contributed by atoms with Crippen LogP contribution in [-0.2, 0) is 6.42 Å². The van der Waals surface area contributed by atoms with E-state index in [2.05, 4.69) is 16.9 Å². The van der Waals surface area contributed by atoms with E-state index >= 15 is 0 Å². The third-order valence-electron chi connectivity index (χ3n) is 2.02. The highest BCUT2D eigenvalue weighted by Gasteiger charge is 1.97. The molecule has 0 aromatic carbocycles. The van der Waals surface area contributed by atoms with Crippen LogP contribution in [0.2, 0.25) is 0 Å². The van der Waals surface area contributed by atoms with Crippen molar-refractivity contribution in [1.29, 1.82) is 0 Å². The predicted molar refractivity (Wildman–Crippen MR) is 68.1 cm³/mol. The first-order valence-corrected chi connectivity index (χ1v) is 6.08. The van der Waals surface area contributed by atoms with Gasteiger partial charge < -0.3 is 9.68 Å². The lowest BCUT2D eigenvalue weighted by Crippen LogP contribution is -2.12. The standard InChI is InChI=1S/C7H12N2O.C5H8N2O/c1-3-7-8-5-6-9(7)10-4-2;1-2-8-7-4-3-6-5-7/h5-6H,3-4H2,1-2H3;3-5H,2H2,1H3. The molecule has 0 bridgehead atoms. The number of rotatable bonds is 5. The van der Waals surface area contributed by atoms with Crippen LogP contribution in [0.25, 0.3) is 0 Å². The number of aryl methyl sites for hydroxylation is 1. The van der Waals surface area contributed by atoms with Gasteiger partial charge in [-0.3, -0.25) is 0 Å². The molecule has 2 aromatic heterocycles. The smallest absolute Gasteiger partial charge is 0.144 e. The van der Waals surface area contributed by atoms with Crippen LogP contribution in [0.5, 0.6) is 0 Å². The number of nitrogens with zero attached hydrogens (tertiary/aromatic N) is 4. The van der Waals surface area contributed by atoms with Gasteiger partial charge in [0.05, 0.1) is 12.4 Å². The lowest BCUT2D eigenvalue weighted by atomic mass is 10.5. The highest BCUT2D eigenvalue weighted by atomic mass is 16.7. The molecular formula is C12H20N4O2. The van der Waals surface area contributed by atoms with Crippen LogP contribution in [0.15, 0.2) is 31.1 Å². The van der Waals surface area contributed by atoms with Crippen molar-refractivity contribution in [2.75, 3.05) is 13.2 Å². The van der Waals surface area contributed by atoms with Crippen LogP contribution in [0.1, 0.15) is 26.6 Å². The Morgan fingerprint density at radius 1 is 1.06 bits per heavy atom. The Morgan fingerprint density at radius 3 is 2.39 bits per heavy atom. The highest BCUT2D eigenvalue weighted by molar-refractivity contribution is 4.88. The molecule has 100 valence electrons. The molecule has 2 rings (SSSR count). The van der Waals surface area contributed by atoms with Crippen molar-refractivity contribution in [3.05, 3.63) is 36.9 Å². The van der Waals surface area contributed by atoms with Gasteiger partial charge in [0.2, 0.25) is 0 Å². The fourth-order valence-corrected chi connectivity index (χ4v) is 1.30. The first-order valence-electron chi connectivity index (χ1n) is 6.08. The molecule has 6 heteroatoms. The molecule has 0 aliphatic carbocycles. The summed E-state index contributed by atoms with van der Waals surface area (Å²) in [7, 11) is 0. The first kappa shape index (κ1) is 14.1. The van der Waals surface area contributed by atoms with Crippen LogP contribution in [0.4, 0.5) is 0 Å². The fraction of sp³-hybridized carbons (Fsp3) is 0.500. The minimum absolute atomic E-state index is 0.677. The lowest BCUT2D eigenvalue weighted by molar-refractivity contribution is 0.114. The van der Waals surface area contributed by atoms with Gasteiger partial charge in [0.1, 0.15) is 25.4 Å². The van der Waals surface area contributed by atoms with Gasteiger partial charge >= 0.3 is 0 Å². The summed E-state index contributed by atoms with van der Waals surface area (Å²) in [4.78, 5) is 18.1. The number of aromatic nitrogens is 4. The second-order valence-corrected chi connectivity index (χ2v) is 3.28. The van der Waals surface area contributed by atoms with E-state index in [4.69, 9.17) is 9.68 Å². The van der Waals surface area contributed by atoms with Crippen molar-refractivity contribution in [2.45, 2.75) is 27.2 Å². The molecule has 0 spiro atoms. The van der Waals surface area contributed by atoms with E-state index in [9.17, 15) is 0 Å². The van der Waals surface area contributed by atoms with E-state index in [1.807, 2.05) is 20.0 Å². The molecule has 2 heterocycles. The van der Waals surface area contributed by atoms with Crippen LogP contribution < -0.4 is 9.68 Å². The first-order chi connectivity index (χ1) is 8.81. The zero-order chi connectivity index (χ0) is 13.2. The Labute approximate surface area is 107 Å². The maximum atomic E-state index is 5.22. The van der Waals surface area contributed by atoms with Crippen molar-refractivity contribution in [2.24, 2.45) is 0 Å². The molecule has 0 amide bonds. The summed E-state index contributed by atoms with van der Waals surface area (Å²) in [5.41, 5.74) is 0. The SMILES string of the molecule is CCOn1ccnc1.CCOn1ccnc1CC. The molecule has 6 nitrogen and oxygen atoms in total. The summed E-state index contributed by atoms with van der Waals surface area (Å²) in [5, 5.41) is 0. The molecule has 0 saturated heterocycles. The van der Waals surface area contributed by atoms with Gasteiger partial charge in [0.25, 0.3) is 0 Å². The fourth-order valence-electron chi connectivity index (χ4n) is 1.30. The van der Waals surface area contributed by atoms with Crippen molar-refractivity contribution < 1.29 is 9.68 Å². The monoisotopic (exact) mass is 252 g/mol. The topological polar surface area (TPSA) is 54.1 Å². The maximum absolute atomic E-state index is 5.22. The molecule has 0 aliphatic heterocycles. The molecule has 0 fully saturated rings. The van der Waals surface area contributed by atoms with Crippen molar-refractivity contribution >= 4 is 0 Å². The Hall–Kier alpha value is -1.98. The van der Waals surface area contributed by atoms with Crippen molar-refractivity contribution in [3.63, 3.8) is 0 Å². The molecule has 0 unspecified atom stereocenters. The van der Waals surface area contributed by atoms with Gasteiger partial charge in [-0.2, -0.15) is 9.46 Å². The Kier molecular flexibility index (Phi) is 6.38. The molecule has 0 saturated carbocycles. The third-order valence-corrected chi connectivity index (χ3v) is 2.02. The maximum Gasteiger partial charge on any atom is 0.144 e. The highest BCUT2D eigenvalue weighted by Crippen LogP contribution is 1.94. The Balaban J connectivity index is 0.000000184. The Morgan fingerprint density at radius 2 is 1.83 bits per heavy atom. The van der Waals surface area contributed by atoms with Crippen LogP contribution in [-0.4, -0.2) is 32.6 Å². The summed E-state index contributed by atoms with van der Waals surface area (Å²) in [6, 6.07) is 0. The van der Waals surface area contributed by atoms with Crippen LogP contribution >= 0.6 is 0 Å². The average Bonchev–Trinajstić information content (AvgIpc) is 3.02. The van der Waals surface area contributed by atoms with E-state index in [1.54, 1.807) is 34.4 Å². The Bertz CT molecular complexity index is 411. The van der Waals surface area contributed by atoms with Gasteiger partial charge in [-0.1, -0.05) is 6.92 Å². The molecule has 0 aliphatic rings. The predicted octanol–water partition coefficient (Wildman–Crippen LogP) is 1.23. The summed E-state index contributed by atoms with van der Waals surface area (Å²) in [6.07, 6.45) is 9.52. The zero-order valence-electron chi connectivity index (χ0n) is 11.1. The molecule has 2 aromatic rings. The molecule has 0 N–H and O–H groups in total. The third kappa shape index (κ3) is 4.48. The quantitative estimate of drug-likeness (QED) is 0.803. The molecule has 0 atom stereocenters. The minimum Gasteiger partial charge on any atom is -0.413 e. The van der Waals surface area contributed by atoms with Gasteiger partial charge in [-0.15, -0.1) is 0 Å². The summed E-state index contributed by atoms with van der Waals surface area (Å²) in [5.74, 6) is 0.974. The van der Waals surface area contributed by atoms with E-state index in [0.717, 1.165) is 12.2 Å². The molecular weight excluding hydrogens is 232 g/mol. The van der Waals surface area contributed by atoms with E-state index < -0.39 is 0 Å². The summed E-state index contributed by atoms with van der Waals surface area (Å²) in [6.45, 7) is 7.30. The number of imidazole rings is 2. The number of hydrogen-bond donors (Lipinski definition) is 0. The van der Waals surface area contributed by atoms with Crippen LogP contribution in [0.3, 0.4) is 0 Å². The second-order valence-electron chi connectivity index (χ2n) is 3.28.